The van der Waals surface area contributed by atoms with Crippen molar-refractivity contribution >= 4 is 33.2 Å². The smallest absolute Gasteiger partial charge is 0.271 e. The summed E-state index contributed by atoms with van der Waals surface area (Å²) >= 11 is 3.45. The molecule has 0 unspecified atom stereocenters. The molecule has 26 heavy (non-hydrogen) atoms. The van der Waals surface area contributed by atoms with E-state index in [-0.39, 0.29) is 22.6 Å². The van der Waals surface area contributed by atoms with E-state index >= 15 is 0 Å². The van der Waals surface area contributed by atoms with Gasteiger partial charge in [-0.15, -0.1) is 0 Å². The molecule has 8 heteroatoms. The first-order valence-electron chi connectivity index (χ1n) is 8.53. The van der Waals surface area contributed by atoms with Crippen molar-refractivity contribution in [1.82, 2.24) is 9.47 Å². The Morgan fingerprint density at radius 2 is 1.88 bits per heavy atom. The minimum atomic E-state index is -0.388. The minimum Gasteiger partial charge on any atom is -0.368 e. The highest BCUT2D eigenvalue weighted by Gasteiger charge is 2.25. The molecule has 0 aliphatic carbocycles. The van der Waals surface area contributed by atoms with Crippen molar-refractivity contribution in [2.24, 2.45) is 0 Å². The summed E-state index contributed by atoms with van der Waals surface area (Å²) < 4.78 is 2.86. The van der Waals surface area contributed by atoms with Gasteiger partial charge in [-0.1, -0.05) is 6.07 Å². The second-order valence-electron chi connectivity index (χ2n) is 6.60. The molecule has 2 heterocycles. The zero-order valence-electron chi connectivity index (χ0n) is 14.8. The molecule has 0 atom stereocenters. The van der Waals surface area contributed by atoms with Crippen LogP contribution in [0.4, 0.5) is 11.4 Å². The fraction of sp³-hybridized carbons (Fsp3) is 0.389. The zero-order valence-corrected chi connectivity index (χ0v) is 16.3. The van der Waals surface area contributed by atoms with Gasteiger partial charge in [0.1, 0.15) is 5.69 Å². The number of halogens is 1. The number of piperazine rings is 1. The largest absolute Gasteiger partial charge is 0.368 e. The fourth-order valence-corrected chi connectivity index (χ4v) is 3.61. The maximum atomic E-state index is 12.9. The molecule has 0 N–H and O–H groups in total. The second-order valence-corrected chi connectivity index (χ2v) is 7.52. The summed E-state index contributed by atoms with van der Waals surface area (Å²) in [7, 11) is 0. The van der Waals surface area contributed by atoms with Crippen LogP contribution in [0.2, 0.25) is 0 Å². The first-order chi connectivity index (χ1) is 12.4. The number of benzene rings is 1. The Hall–Kier alpha value is -2.35. The molecule has 0 radical (unpaired) electrons. The van der Waals surface area contributed by atoms with Gasteiger partial charge in [0.2, 0.25) is 0 Å². The Balaban J connectivity index is 1.70. The molecule has 0 saturated carbocycles. The number of hydrogen-bond donors (Lipinski definition) is 0. The van der Waals surface area contributed by atoms with E-state index in [9.17, 15) is 14.9 Å². The summed E-state index contributed by atoms with van der Waals surface area (Å²) in [6.45, 7) is 6.56. The number of non-ortho nitro benzene ring substituents is 1. The van der Waals surface area contributed by atoms with E-state index in [2.05, 4.69) is 20.8 Å². The third-order valence-corrected chi connectivity index (χ3v) is 5.00. The third-order valence-electron chi connectivity index (χ3n) is 4.56. The second kappa shape index (κ2) is 7.49. The molecule has 3 rings (SSSR count). The van der Waals surface area contributed by atoms with Gasteiger partial charge in [-0.3, -0.25) is 14.9 Å². The van der Waals surface area contributed by atoms with Crippen LogP contribution >= 0.6 is 15.9 Å². The van der Waals surface area contributed by atoms with Gasteiger partial charge in [-0.25, -0.2) is 0 Å². The highest BCUT2D eigenvalue weighted by atomic mass is 79.9. The van der Waals surface area contributed by atoms with Crippen LogP contribution in [0.3, 0.4) is 0 Å². The van der Waals surface area contributed by atoms with Crippen LogP contribution in [0.1, 0.15) is 30.4 Å². The van der Waals surface area contributed by atoms with E-state index in [4.69, 9.17) is 0 Å². The van der Waals surface area contributed by atoms with Crippen LogP contribution in [0.5, 0.6) is 0 Å². The number of anilines is 1. The van der Waals surface area contributed by atoms with Crippen molar-refractivity contribution in [1.29, 1.82) is 0 Å². The lowest BCUT2D eigenvalue weighted by Crippen LogP contribution is -2.49. The van der Waals surface area contributed by atoms with Gasteiger partial charge in [-0.05, 0) is 41.9 Å². The molecule has 1 aromatic carbocycles. The number of carbonyl (C=O) groups excluding carboxylic acids is 1. The van der Waals surface area contributed by atoms with E-state index in [1.54, 1.807) is 12.1 Å². The quantitative estimate of drug-likeness (QED) is 0.558. The molecule has 1 aromatic heterocycles. The van der Waals surface area contributed by atoms with Gasteiger partial charge in [0.25, 0.3) is 11.6 Å². The van der Waals surface area contributed by atoms with Crippen molar-refractivity contribution in [2.75, 3.05) is 31.1 Å². The lowest BCUT2D eigenvalue weighted by molar-refractivity contribution is -0.384. The summed E-state index contributed by atoms with van der Waals surface area (Å²) in [5.74, 6) is 0.0168. The van der Waals surface area contributed by atoms with Crippen LogP contribution < -0.4 is 4.90 Å². The number of amides is 1. The molecule has 138 valence electrons. The topological polar surface area (TPSA) is 71.6 Å². The lowest BCUT2D eigenvalue weighted by atomic mass is 10.2. The van der Waals surface area contributed by atoms with Gasteiger partial charge in [0.05, 0.1) is 4.92 Å². The Morgan fingerprint density at radius 3 is 2.50 bits per heavy atom. The lowest BCUT2D eigenvalue weighted by Gasteiger charge is -2.36. The Kier molecular flexibility index (Phi) is 5.31. The molecule has 7 nitrogen and oxygen atoms in total. The molecule has 1 aliphatic heterocycles. The molecule has 0 spiro atoms. The highest BCUT2D eigenvalue weighted by molar-refractivity contribution is 9.10. The van der Waals surface area contributed by atoms with E-state index in [1.165, 1.54) is 6.07 Å². The van der Waals surface area contributed by atoms with Gasteiger partial charge in [0.15, 0.2) is 0 Å². The van der Waals surface area contributed by atoms with Crippen molar-refractivity contribution in [3.8, 4) is 0 Å². The number of nitro benzene ring substituents is 1. The Morgan fingerprint density at radius 1 is 1.19 bits per heavy atom. The summed E-state index contributed by atoms with van der Waals surface area (Å²) in [5, 5.41) is 11.0. The van der Waals surface area contributed by atoms with Crippen LogP contribution in [-0.2, 0) is 0 Å². The monoisotopic (exact) mass is 420 g/mol. The predicted octanol–water partition coefficient (Wildman–Crippen LogP) is 3.70. The number of rotatable bonds is 4. The fourth-order valence-electron chi connectivity index (χ4n) is 3.18. The summed E-state index contributed by atoms with van der Waals surface area (Å²) in [4.78, 5) is 27.4. The predicted molar refractivity (Wildman–Crippen MR) is 104 cm³/mol. The average molecular weight is 421 g/mol. The van der Waals surface area contributed by atoms with E-state index in [1.807, 2.05) is 41.6 Å². The number of carbonyl (C=O) groups is 1. The SMILES string of the molecule is CC(C)n1cc(Br)cc1C(=O)N1CCN(c2cccc([N+](=O)[O-])c2)CC1. The Labute approximate surface area is 160 Å². The number of hydrogen-bond acceptors (Lipinski definition) is 4. The normalized spacial score (nSPS) is 14.8. The third kappa shape index (κ3) is 3.75. The van der Waals surface area contributed by atoms with Crippen LogP contribution in [-0.4, -0.2) is 46.5 Å². The molecule has 2 aromatic rings. The standard InChI is InChI=1S/C18H21BrN4O3/c1-13(2)22-12-14(19)10-17(22)18(24)21-8-6-20(7-9-21)15-4-3-5-16(11-15)23(25)26/h3-5,10-13H,6-9H2,1-2H3. The molecule has 1 fully saturated rings. The van der Waals surface area contributed by atoms with Gasteiger partial charge in [-0.2, -0.15) is 0 Å². The number of aromatic nitrogens is 1. The minimum absolute atomic E-state index is 0.0168. The summed E-state index contributed by atoms with van der Waals surface area (Å²) in [6, 6.07) is 8.69. The van der Waals surface area contributed by atoms with Crippen LogP contribution in [0.25, 0.3) is 0 Å². The molecule has 0 bridgehead atoms. The van der Waals surface area contributed by atoms with E-state index < -0.39 is 0 Å². The summed E-state index contributed by atoms with van der Waals surface area (Å²) in [5.41, 5.74) is 1.58. The molecular formula is C18H21BrN4O3. The van der Waals surface area contributed by atoms with Gasteiger partial charge in [0, 0.05) is 60.7 Å². The van der Waals surface area contributed by atoms with E-state index in [0.717, 1.165) is 10.2 Å². The van der Waals surface area contributed by atoms with Crippen LogP contribution in [0, 0.1) is 10.1 Å². The first kappa shape index (κ1) is 18.4. The van der Waals surface area contributed by atoms with Gasteiger partial charge >= 0.3 is 0 Å². The van der Waals surface area contributed by atoms with Crippen molar-refractivity contribution < 1.29 is 9.72 Å². The Bertz CT molecular complexity index is 826. The van der Waals surface area contributed by atoms with Gasteiger partial charge < -0.3 is 14.4 Å². The maximum absolute atomic E-state index is 12.9. The molecular weight excluding hydrogens is 400 g/mol. The molecule has 1 saturated heterocycles. The number of nitro groups is 1. The van der Waals surface area contributed by atoms with E-state index in [0.29, 0.717) is 31.9 Å². The van der Waals surface area contributed by atoms with Crippen LogP contribution in [0.15, 0.2) is 41.0 Å². The highest BCUT2D eigenvalue weighted by Crippen LogP contribution is 2.24. The number of nitrogens with zero attached hydrogens (tertiary/aromatic N) is 4. The maximum Gasteiger partial charge on any atom is 0.271 e. The summed E-state index contributed by atoms with van der Waals surface area (Å²) in [6.07, 6.45) is 1.93. The zero-order chi connectivity index (χ0) is 18.8. The van der Waals surface area contributed by atoms with Crippen molar-refractivity contribution in [2.45, 2.75) is 19.9 Å². The average Bonchev–Trinajstić information content (AvgIpc) is 3.03. The molecule has 1 amide bonds. The van der Waals surface area contributed by atoms with Crippen molar-refractivity contribution in [3.63, 3.8) is 0 Å². The van der Waals surface area contributed by atoms with Crippen molar-refractivity contribution in [3.05, 3.63) is 56.8 Å². The molecule has 1 aliphatic rings. The first-order valence-corrected chi connectivity index (χ1v) is 9.32.